The number of cyclic esters (lactones) is 1. The van der Waals surface area contributed by atoms with Crippen molar-refractivity contribution in [2.24, 2.45) is 5.92 Å². The minimum absolute atomic E-state index is 0.0752. The Morgan fingerprint density at radius 1 is 0.694 bits per heavy atom. The van der Waals surface area contributed by atoms with E-state index in [9.17, 15) is 50.8 Å². The van der Waals surface area contributed by atoms with Gasteiger partial charge in [-0.2, -0.15) is 0 Å². The second-order valence-electron chi connectivity index (χ2n) is 12.2. The molecule has 3 heterocycles. The van der Waals surface area contributed by atoms with E-state index in [2.05, 4.69) is 0 Å². The maximum absolute atomic E-state index is 12.9. The molecule has 49 heavy (non-hydrogen) atoms. The first-order valence-electron chi connectivity index (χ1n) is 15.5. The van der Waals surface area contributed by atoms with Crippen LogP contribution >= 0.6 is 0 Å². The summed E-state index contributed by atoms with van der Waals surface area (Å²) >= 11 is 0. The van der Waals surface area contributed by atoms with Crippen LogP contribution in [0.5, 0.6) is 23.0 Å². The molecule has 0 aromatic heterocycles. The number of hydrogen-bond acceptors (Lipinski definition) is 17. The number of esters is 1. The number of carbonyl (C=O) groups is 1. The fraction of sp³-hybridized carbons (Fsp3) is 0.594. The van der Waals surface area contributed by atoms with E-state index in [0.717, 1.165) is 0 Å². The van der Waals surface area contributed by atoms with Crippen LogP contribution < -0.4 is 18.9 Å². The van der Waals surface area contributed by atoms with Crippen molar-refractivity contribution in [2.75, 3.05) is 34.0 Å². The van der Waals surface area contributed by atoms with Gasteiger partial charge in [-0.25, -0.2) is 4.79 Å². The fourth-order valence-electron chi connectivity index (χ4n) is 6.08. The van der Waals surface area contributed by atoms with Gasteiger partial charge in [0.25, 0.3) is 0 Å². The molecule has 3 aliphatic rings. The molecule has 0 radical (unpaired) electrons. The molecule has 12 atom stereocenters. The minimum atomic E-state index is -1.95. The van der Waals surface area contributed by atoms with E-state index in [4.69, 9.17) is 33.2 Å². The van der Waals surface area contributed by atoms with E-state index >= 15 is 0 Å². The van der Waals surface area contributed by atoms with Crippen LogP contribution in [0.15, 0.2) is 36.4 Å². The Morgan fingerprint density at radius 3 is 1.63 bits per heavy atom. The average Bonchev–Trinajstić information content (AvgIpc) is 3.37. The highest BCUT2D eigenvalue weighted by molar-refractivity contribution is 5.82. The molecule has 3 saturated heterocycles. The smallest absolute Gasteiger partial charge is 0.338 e. The lowest BCUT2D eigenvalue weighted by atomic mass is 9.81. The van der Waals surface area contributed by atoms with Gasteiger partial charge >= 0.3 is 5.97 Å². The van der Waals surface area contributed by atoms with Crippen LogP contribution in [0.25, 0.3) is 0 Å². The van der Waals surface area contributed by atoms with Gasteiger partial charge in [0.2, 0.25) is 12.6 Å². The first kappa shape index (κ1) is 36.9. The maximum Gasteiger partial charge on any atom is 0.338 e. The third-order valence-corrected chi connectivity index (χ3v) is 9.04. The summed E-state index contributed by atoms with van der Waals surface area (Å²) in [6, 6.07) is 9.25. The Kier molecular flexibility index (Phi) is 11.5. The summed E-state index contributed by atoms with van der Waals surface area (Å²) in [5.74, 6) is -1.01. The van der Waals surface area contributed by atoms with Gasteiger partial charge < -0.3 is 79.1 Å². The van der Waals surface area contributed by atoms with Crippen molar-refractivity contribution >= 4 is 5.97 Å². The second kappa shape index (κ2) is 15.3. The van der Waals surface area contributed by atoms with Crippen molar-refractivity contribution in [1.29, 1.82) is 0 Å². The Bertz CT molecular complexity index is 1440. The first-order valence-corrected chi connectivity index (χ1v) is 15.5. The molecule has 0 amide bonds. The molecule has 3 fully saturated rings. The summed E-state index contributed by atoms with van der Waals surface area (Å²) in [6.45, 7) is -1.35. The standard InChI is InChI=1S/C32H42O17/c1-43-19-8-14(3-5-17(19)46-29-27(39)25(37)23(35)21(11-33)48-29)7-16-13-45-31(41)32(16,42)10-15-4-6-18(20(9-15)44-2)47-30-28(40)26(38)24(36)22(12-34)49-30/h3-6,8-9,16,21-30,33-40,42H,7,10-13H2,1-2H3/t16-,21-,22-,23-,24-,25+,26+,27-,28-,29-,30-,32-/m1/s1. The van der Waals surface area contributed by atoms with Gasteiger partial charge in [0.1, 0.15) is 48.8 Å². The maximum atomic E-state index is 12.9. The molecule has 3 aliphatic heterocycles. The van der Waals surface area contributed by atoms with Crippen LogP contribution in [0.1, 0.15) is 11.1 Å². The Morgan fingerprint density at radius 2 is 1.16 bits per heavy atom. The number of carbonyl (C=O) groups excluding carboxylic acids is 1. The molecule has 2 aromatic carbocycles. The number of hydrogen-bond donors (Lipinski definition) is 9. The van der Waals surface area contributed by atoms with Gasteiger partial charge in [-0.05, 0) is 41.8 Å². The van der Waals surface area contributed by atoms with Crippen molar-refractivity contribution in [3.63, 3.8) is 0 Å². The number of ether oxygens (including phenoxy) is 7. The SMILES string of the molecule is COc1cc(C[C@@H]2COC(=O)[C@@]2(O)Cc2ccc(O[C@@H]3O[C@H](CO)[C@@H](O)[C@H](O)[C@H]3O)c(OC)c2)ccc1O[C@@H]1O[C@H](CO)[C@@H](O)[C@H](O)[C@H]1O. The van der Waals surface area contributed by atoms with Gasteiger partial charge in [-0.15, -0.1) is 0 Å². The number of benzene rings is 2. The van der Waals surface area contributed by atoms with Gasteiger partial charge in [0, 0.05) is 12.3 Å². The van der Waals surface area contributed by atoms with Crippen molar-refractivity contribution in [3.8, 4) is 23.0 Å². The van der Waals surface area contributed by atoms with E-state index in [1.807, 2.05) is 0 Å². The van der Waals surface area contributed by atoms with Crippen LogP contribution in [-0.2, 0) is 31.8 Å². The molecule has 5 rings (SSSR count). The summed E-state index contributed by atoms with van der Waals surface area (Å²) in [5, 5.41) is 91.5. The third-order valence-electron chi connectivity index (χ3n) is 9.04. The van der Waals surface area contributed by atoms with Crippen LogP contribution in [0, 0.1) is 5.92 Å². The lowest BCUT2D eigenvalue weighted by Crippen LogP contribution is -2.60. The quantitative estimate of drug-likeness (QED) is 0.0986. The van der Waals surface area contributed by atoms with E-state index in [0.29, 0.717) is 11.1 Å². The van der Waals surface area contributed by atoms with Crippen LogP contribution in [-0.4, -0.2) is 153 Å². The Balaban J connectivity index is 1.29. The molecule has 0 spiro atoms. The average molecular weight is 699 g/mol. The summed E-state index contributed by atoms with van der Waals surface area (Å²) in [4.78, 5) is 12.9. The first-order chi connectivity index (χ1) is 23.3. The van der Waals surface area contributed by atoms with Crippen molar-refractivity contribution in [2.45, 2.75) is 79.9 Å². The largest absolute Gasteiger partial charge is 0.493 e. The number of aliphatic hydroxyl groups is 9. The van der Waals surface area contributed by atoms with Crippen LogP contribution in [0.4, 0.5) is 0 Å². The summed E-state index contributed by atoms with van der Waals surface area (Å²) < 4.78 is 38.4. The lowest BCUT2D eigenvalue weighted by Gasteiger charge is -2.39. The van der Waals surface area contributed by atoms with E-state index < -0.39 is 92.1 Å². The zero-order valence-corrected chi connectivity index (χ0v) is 26.6. The van der Waals surface area contributed by atoms with Gasteiger partial charge in [-0.3, -0.25) is 0 Å². The topological polar surface area (TPSA) is 264 Å². The molecule has 2 aromatic rings. The highest BCUT2D eigenvalue weighted by Crippen LogP contribution is 2.39. The summed E-state index contributed by atoms with van der Waals surface area (Å²) in [5.41, 5.74) is -0.866. The number of aliphatic hydroxyl groups excluding tert-OH is 8. The highest BCUT2D eigenvalue weighted by Gasteiger charge is 2.51. The van der Waals surface area contributed by atoms with Crippen LogP contribution in [0.3, 0.4) is 0 Å². The van der Waals surface area contributed by atoms with Crippen molar-refractivity contribution < 1.29 is 83.9 Å². The third kappa shape index (κ3) is 7.42. The van der Waals surface area contributed by atoms with Crippen LogP contribution in [0.2, 0.25) is 0 Å². The Hall–Kier alpha value is -3.33. The predicted molar refractivity (Wildman–Crippen MR) is 162 cm³/mol. The molecular formula is C32H42O17. The van der Waals surface area contributed by atoms with Gasteiger partial charge in [0.05, 0.1) is 34.0 Å². The monoisotopic (exact) mass is 698 g/mol. The van der Waals surface area contributed by atoms with Crippen molar-refractivity contribution in [3.05, 3.63) is 47.5 Å². The predicted octanol–water partition coefficient (Wildman–Crippen LogP) is -3.25. The molecule has 9 N–H and O–H groups in total. The Labute approximate surface area is 280 Å². The fourth-order valence-corrected chi connectivity index (χ4v) is 6.08. The number of methoxy groups -OCH3 is 2. The van der Waals surface area contributed by atoms with E-state index in [-0.39, 0.29) is 42.4 Å². The molecule has 0 bridgehead atoms. The summed E-state index contributed by atoms with van der Waals surface area (Å²) in [6.07, 6.45) is -14.9. The molecule has 0 unspecified atom stereocenters. The zero-order valence-electron chi connectivity index (χ0n) is 26.6. The molecule has 0 saturated carbocycles. The molecule has 17 heteroatoms. The molecule has 17 nitrogen and oxygen atoms in total. The molecular weight excluding hydrogens is 656 g/mol. The second-order valence-corrected chi connectivity index (χ2v) is 12.2. The summed E-state index contributed by atoms with van der Waals surface area (Å²) in [7, 11) is 2.72. The minimum Gasteiger partial charge on any atom is -0.493 e. The molecule has 0 aliphatic carbocycles. The normalized spacial score (nSPS) is 36.2. The van der Waals surface area contributed by atoms with E-state index in [1.165, 1.54) is 32.4 Å². The van der Waals surface area contributed by atoms with E-state index in [1.54, 1.807) is 18.2 Å². The zero-order chi connectivity index (χ0) is 35.6. The highest BCUT2D eigenvalue weighted by atomic mass is 16.7. The lowest BCUT2D eigenvalue weighted by molar-refractivity contribution is -0.277. The van der Waals surface area contributed by atoms with Gasteiger partial charge in [-0.1, -0.05) is 12.1 Å². The van der Waals surface area contributed by atoms with Crippen molar-refractivity contribution in [1.82, 2.24) is 0 Å². The molecule has 272 valence electrons. The van der Waals surface area contributed by atoms with Gasteiger partial charge in [0.15, 0.2) is 28.6 Å². The number of rotatable bonds is 12.